The molecule has 0 aromatic heterocycles. The molecule has 2 N–H and O–H groups in total. The number of amides is 1. The number of aliphatic hydroxyl groups is 1. The molecule has 4 heteroatoms. The van der Waals surface area contributed by atoms with E-state index in [9.17, 15) is 4.79 Å². The zero-order valence-electron chi connectivity index (χ0n) is 9.82. The van der Waals surface area contributed by atoms with Crippen molar-refractivity contribution < 1.29 is 9.90 Å². The van der Waals surface area contributed by atoms with Crippen LogP contribution in [0.4, 0.5) is 0 Å². The van der Waals surface area contributed by atoms with Gasteiger partial charge in [0.25, 0.3) is 0 Å². The van der Waals surface area contributed by atoms with Gasteiger partial charge in [0.1, 0.15) is 0 Å². The van der Waals surface area contributed by atoms with Gasteiger partial charge in [-0.3, -0.25) is 9.69 Å². The van der Waals surface area contributed by atoms with E-state index in [1.807, 2.05) is 0 Å². The summed E-state index contributed by atoms with van der Waals surface area (Å²) in [7, 11) is 0. The molecule has 0 heterocycles. The highest BCUT2D eigenvalue weighted by Crippen LogP contribution is 2.24. The molecule has 0 aliphatic heterocycles. The second kappa shape index (κ2) is 7.41. The van der Waals surface area contributed by atoms with E-state index in [4.69, 9.17) is 5.11 Å². The zero-order valence-corrected chi connectivity index (χ0v) is 9.82. The molecule has 0 spiro atoms. The Morgan fingerprint density at radius 1 is 1.56 bits per heavy atom. The van der Waals surface area contributed by atoms with Gasteiger partial charge in [-0.15, -0.1) is 6.58 Å². The SMILES string of the molecule is C=CCNC(=O)CN(CCCO)C1CCC1. The van der Waals surface area contributed by atoms with E-state index in [2.05, 4.69) is 16.8 Å². The zero-order chi connectivity index (χ0) is 11.8. The lowest BCUT2D eigenvalue weighted by atomic mass is 9.91. The standard InChI is InChI=1S/C12H22N2O2/c1-2-7-13-12(16)10-14(8-4-9-15)11-5-3-6-11/h2,11,15H,1,3-10H2,(H,13,16). The summed E-state index contributed by atoms with van der Waals surface area (Å²) in [6, 6.07) is 0.543. The smallest absolute Gasteiger partial charge is 0.234 e. The van der Waals surface area contributed by atoms with Crippen molar-refractivity contribution in [2.75, 3.05) is 26.2 Å². The van der Waals surface area contributed by atoms with Crippen LogP contribution in [0.5, 0.6) is 0 Å². The van der Waals surface area contributed by atoms with Crippen LogP contribution in [0.15, 0.2) is 12.7 Å². The van der Waals surface area contributed by atoms with Crippen molar-refractivity contribution in [1.82, 2.24) is 10.2 Å². The number of hydrogen-bond donors (Lipinski definition) is 2. The Morgan fingerprint density at radius 2 is 2.31 bits per heavy atom. The molecule has 4 nitrogen and oxygen atoms in total. The minimum Gasteiger partial charge on any atom is -0.396 e. The molecule has 0 unspecified atom stereocenters. The summed E-state index contributed by atoms with van der Waals surface area (Å²) in [5, 5.41) is 11.6. The molecule has 1 saturated carbocycles. The molecule has 0 aromatic carbocycles. The van der Waals surface area contributed by atoms with E-state index < -0.39 is 0 Å². The molecule has 1 aliphatic carbocycles. The molecule has 1 aliphatic rings. The first-order valence-corrected chi connectivity index (χ1v) is 6.00. The quantitative estimate of drug-likeness (QED) is 0.593. The number of hydrogen-bond acceptors (Lipinski definition) is 3. The number of aliphatic hydroxyl groups excluding tert-OH is 1. The van der Waals surface area contributed by atoms with Crippen LogP contribution in [0.3, 0.4) is 0 Å². The first-order valence-electron chi connectivity index (χ1n) is 6.00. The first-order chi connectivity index (χ1) is 7.77. The number of rotatable bonds is 8. The predicted molar refractivity (Wildman–Crippen MR) is 64.1 cm³/mol. The fraction of sp³-hybridized carbons (Fsp3) is 0.750. The lowest BCUT2D eigenvalue weighted by Gasteiger charge is -2.37. The van der Waals surface area contributed by atoms with Crippen LogP contribution >= 0.6 is 0 Å². The molecule has 1 fully saturated rings. The fourth-order valence-corrected chi connectivity index (χ4v) is 1.84. The largest absolute Gasteiger partial charge is 0.396 e. The maximum absolute atomic E-state index is 11.6. The molecular formula is C12H22N2O2. The Balaban J connectivity index is 2.30. The molecule has 0 aromatic rings. The van der Waals surface area contributed by atoms with E-state index in [0.717, 1.165) is 13.0 Å². The second-order valence-electron chi connectivity index (χ2n) is 4.23. The highest BCUT2D eigenvalue weighted by molar-refractivity contribution is 5.78. The molecule has 1 rings (SSSR count). The minimum absolute atomic E-state index is 0.0461. The second-order valence-corrected chi connectivity index (χ2v) is 4.23. The van der Waals surface area contributed by atoms with Crippen molar-refractivity contribution in [3.05, 3.63) is 12.7 Å². The van der Waals surface area contributed by atoms with Crippen molar-refractivity contribution >= 4 is 5.91 Å². The van der Waals surface area contributed by atoms with E-state index in [1.54, 1.807) is 6.08 Å². The summed E-state index contributed by atoms with van der Waals surface area (Å²) in [5.41, 5.74) is 0. The van der Waals surface area contributed by atoms with E-state index in [0.29, 0.717) is 19.1 Å². The third-order valence-corrected chi connectivity index (χ3v) is 2.98. The molecular weight excluding hydrogens is 204 g/mol. The summed E-state index contributed by atoms with van der Waals surface area (Å²) in [6.07, 6.45) is 6.04. The van der Waals surface area contributed by atoms with Gasteiger partial charge in [0.15, 0.2) is 0 Å². The van der Waals surface area contributed by atoms with Crippen LogP contribution in [0.25, 0.3) is 0 Å². The van der Waals surface area contributed by atoms with Crippen molar-refractivity contribution in [2.24, 2.45) is 0 Å². The molecule has 0 atom stereocenters. The van der Waals surface area contributed by atoms with Crippen LogP contribution < -0.4 is 5.32 Å². The Hall–Kier alpha value is -0.870. The predicted octanol–water partition coefficient (Wildman–Crippen LogP) is 0.525. The summed E-state index contributed by atoms with van der Waals surface area (Å²) >= 11 is 0. The number of carbonyl (C=O) groups is 1. The maximum atomic E-state index is 11.6. The first kappa shape index (κ1) is 13.2. The average Bonchev–Trinajstić information content (AvgIpc) is 2.20. The van der Waals surface area contributed by atoms with Crippen LogP contribution in [-0.4, -0.2) is 48.2 Å². The monoisotopic (exact) mass is 226 g/mol. The molecule has 92 valence electrons. The summed E-state index contributed by atoms with van der Waals surface area (Å²) < 4.78 is 0. The van der Waals surface area contributed by atoms with Crippen molar-refractivity contribution in [2.45, 2.75) is 31.7 Å². The van der Waals surface area contributed by atoms with Crippen LogP contribution in [0, 0.1) is 0 Å². The normalized spacial score (nSPS) is 15.9. The third-order valence-electron chi connectivity index (χ3n) is 2.98. The summed E-state index contributed by atoms with van der Waals surface area (Å²) in [4.78, 5) is 13.7. The van der Waals surface area contributed by atoms with Gasteiger partial charge >= 0.3 is 0 Å². The van der Waals surface area contributed by atoms with Crippen LogP contribution in [0.1, 0.15) is 25.7 Å². The highest BCUT2D eigenvalue weighted by atomic mass is 16.3. The van der Waals surface area contributed by atoms with Gasteiger partial charge in [-0.05, 0) is 19.3 Å². The van der Waals surface area contributed by atoms with Gasteiger partial charge in [0, 0.05) is 25.7 Å². The third kappa shape index (κ3) is 4.33. The lowest BCUT2D eigenvalue weighted by molar-refractivity contribution is -0.123. The molecule has 1 amide bonds. The van der Waals surface area contributed by atoms with Crippen LogP contribution in [-0.2, 0) is 4.79 Å². The Kier molecular flexibility index (Phi) is 6.11. The fourth-order valence-electron chi connectivity index (χ4n) is 1.84. The number of nitrogens with one attached hydrogen (secondary N) is 1. The Labute approximate surface area is 97.3 Å². The molecule has 16 heavy (non-hydrogen) atoms. The van der Waals surface area contributed by atoms with Crippen molar-refractivity contribution in [3.8, 4) is 0 Å². The van der Waals surface area contributed by atoms with Gasteiger partial charge in [0.2, 0.25) is 5.91 Å². The van der Waals surface area contributed by atoms with Gasteiger partial charge in [0.05, 0.1) is 6.54 Å². The Bertz CT molecular complexity index is 227. The summed E-state index contributed by atoms with van der Waals surface area (Å²) in [5.74, 6) is 0.0461. The topological polar surface area (TPSA) is 52.6 Å². The van der Waals surface area contributed by atoms with Crippen molar-refractivity contribution in [3.63, 3.8) is 0 Å². The highest BCUT2D eigenvalue weighted by Gasteiger charge is 2.25. The number of nitrogens with zero attached hydrogens (tertiary/aromatic N) is 1. The van der Waals surface area contributed by atoms with Crippen molar-refractivity contribution in [1.29, 1.82) is 0 Å². The number of carbonyl (C=O) groups excluding carboxylic acids is 1. The average molecular weight is 226 g/mol. The Morgan fingerprint density at radius 3 is 2.81 bits per heavy atom. The summed E-state index contributed by atoms with van der Waals surface area (Å²) in [6.45, 7) is 5.53. The lowest BCUT2D eigenvalue weighted by Crippen LogP contribution is -2.46. The maximum Gasteiger partial charge on any atom is 0.234 e. The van der Waals surface area contributed by atoms with Gasteiger partial charge in [-0.1, -0.05) is 12.5 Å². The van der Waals surface area contributed by atoms with Gasteiger partial charge in [-0.2, -0.15) is 0 Å². The molecule has 0 radical (unpaired) electrons. The molecule has 0 bridgehead atoms. The van der Waals surface area contributed by atoms with E-state index in [-0.39, 0.29) is 12.5 Å². The van der Waals surface area contributed by atoms with E-state index >= 15 is 0 Å². The van der Waals surface area contributed by atoms with E-state index in [1.165, 1.54) is 19.3 Å². The van der Waals surface area contributed by atoms with Gasteiger partial charge < -0.3 is 10.4 Å². The minimum atomic E-state index is 0.0461. The van der Waals surface area contributed by atoms with Crippen LogP contribution in [0.2, 0.25) is 0 Å². The molecule has 0 saturated heterocycles. The van der Waals surface area contributed by atoms with Gasteiger partial charge in [-0.25, -0.2) is 0 Å².